The first-order valence-electron chi connectivity index (χ1n) is 8.18. The van der Waals surface area contributed by atoms with Gasteiger partial charge in [-0.25, -0.2) is 8.42 Å². The number of Topliss-reactive ketones (excluding diaryl/α,β-unsaturated/α-hetero) is 1. The number of ether oxygens (including phenoxy) is 2. The molecule has 7 nitrogen and oxygen atoms in total. The van der Waals surface area contributed by atoms with E-state index in [0.717, 1.165) is 0 Å². The van der Waals surface area contributed by atoms with Gasteiger partial charge in [0.1, 0.15) is 5.75 Å². The molecule has 1 aromatic carbocycles. The van der Waals surface area contributed by atoms with Gasteiger partial charge in [-0.3, -0.25) is 9.59 Å². The van der Waals surface area contributed by atoms with E-state index in [2.05, 4.69) is 0 Å². The number of fused-ring (bicyclic) bond motifs is 1. The molecule has 1 aromatic rings. The van der Waals surface area contributed by atoms with Gasteiger partial charge in [-0.15, -0.1) is 0 Å². The summed E-state index contributed by atoms with van der Waals surface area (Å²) in [6, 6.07) is 6.30. The third-order valence-electron chi connectivity index (χ3n) is 4.63. The average molecular weight is 367 g/mol. The Morgan fingerprint density at radius 1 is 1.20 bits per heavy atom. The number of sulfone groups is 1. The summed E-state index contributed by atoms with van der Waals surface area (Å²) < 4.78 is 34.1. The summed E-state index contributed by atoms with van der Waals surface area (Å²) in [4.78, 5) is 26.3. The van der Waals surface area contributed by atoms with Crippen molar-refractivity contribution in [1.29, 1.82) is 0 Å². The van der Waals surface area contributed by atoms with Crippen molar-refractivity contribution >= 4 is 21.5 Å². The SMILES string of the molecule is COc1ccc(C(=O)CCC(=O)N2CCOC3CS(=O)(=O)CC32)cc1. The molecule has 0 bridgehead atoms. The maximum absolute atomic E-state index is 12.5. The zero-order chi connectivity index (χ0) is 18.0. The van der Waals surface area contributed by atoms with Crippen molar-refractivity contribution in [3.05, 3.63) is 29.8 Å². The third kappa shape index (κ3) is 4.01. The monoisotopic (exact) mass is 367 g/mol. The van der Waals surface area contributed by atoms with Crippen molar-refractivity contribution in [2.24, 2.45) is 0 Å². The molecule has 1 amide bonds. The van der Waals surface area contributed by atoms with E-state index in [1.54, 1.807) is 36.3 Å². The molecule has 0 saturated carbocycles. The first-order chi connectivity index (χ1) is 11.9. The van der Waals surface area contributed by atoms with Gasteiger partial charge < -0.3 is 14.4 Å². The standard InChI is InChI=1S/C17H21NO6S/c1-23-13-4-2-12(3-5-13)15(19)6-7-17(20)18-8-9-24-16-11-25(21,22)10-14(16)18/h2-5,14,16H,6-11H2,1H3. The van der Waals surface area contributed by atoms with E-state index in [1.807, 2.05) is 0 Å². The molecule has 2 atom stereocenters. The zero-order valence-corrected chi connectivity index (χ0v) is 14.8. The van der Waals surface area contributed by atoms with E-state index < -0.39 is 22.0 Å². The van der Waals surface area contributed by atoms with E-state index in [-0.39, 0.29) is 36.0 Å². The van der Waals surface area contributed by atoms with Crippen molar-refractivity contribution in [3.8, 4) is 5.75 Å². The number of morpholine rings is 1. The quantitative estimate of drug-likeness (QED) is 0.711. The van der Waals surface area contributed by atoms with Crippen LogP contribution in [0.3, 0.4) is 0 Å². The minimum atomic E-state index is -3.17. The predicted octanol–water partition coefficient (Wildman–Crippen LogP) is 0.683. The van der Waals surface area contributed by atoms with Gasteiger partial charge in [0.25, 0.3) is 0 Å². The van der Waals surface area contributed by atoms with Crippen LogP contribution in [0.1, 0.15) is 23.2 Å². The number of hydrogen-bond donors (Lipinski definition) is 0. The van der Waals surface area contributed by atoms with Crippen LogP contribution in [0, 0.1) is 0 Å². The Bertz CT molecular complexity index is 758. The average Bonchev–Trinajstić information content (AvgIpc) is 2.93. The molecule has 0 radical (unpaired) electrons. The Morgan fingerprint density at radius 3 is 2.60 bits per heavy atom. The molecule has 2 aliphatic rings. The summed E-state index contributed by atoms with van der Waals surface area (Å²) in [6.45, 7) is 0.696. The van der Waals surface area contributed by atoms with Gasteiger partial charge in [0.2, 0.25) is 5.91 Å². The van der Waals surface area contributed by atoms with Gasteiger partial charge in [-0.05, 0) is 24.3 Å². The van der Waals surface area contributed by atoms with Crippen molar-refractivity contribution in [2.75, 3.05) is 31.8 Å². The van der Waals surface area contributed by atoms with Gasteiger partial charge >= 0.3 is 0 Å². The molecule has 0 spiro atoms. The molecule has 2 heterocycles. The smallest absolute Gasteiger partial charge is 0.223 e. The molecule has 2 unspecified atom stereocenters. The maximum atomic E-state index is 12.5. The largest absolute Gasteiger partial charge is 0.497 e. The molecular formula is C17H21NO6S. The molecule has 25 heavy (non-hydrogen) atoms. The van der Waals surface area contributed by atoms with E-state index in [9.17, 15) is 18.0 Å². The zero-order valence-electron chi connectivity index (χ0n) is 14.0. The minimum Gasteiger partial charge on any atom is -0.497 e. The number of ketones is 1. The second-order valence-electron chi connectivity index (χ2n) is 6.29. The number of carbonyl (C=O) groups excluding carboxylic acids is 2. The Hall–Kier alpha value is -1.93. The Balaban J connectivity index is 1.59. The highest BCUT2D eigenvalue weighted by Crippen LogP contribution is 2.25. The summed E-state index contributed by atoms with van der Waals surface area (Å²) in [5.41, 5.74) is 0.525. The molecule has 2 saturated heterocycles. The van der Waals surface area contributed by atoms with Crippen LogP contribution in [0.4, 0.5) is 0 Å². The van der Waals surface area contributed by atoms with Crippen LogP contribution in [0.25, 0.3) is 0 Å². The van der Waals surface area contributed by atoms with Crippen molar-refractivity contribution in [3.63, 3.8) is 0 Å². The third-order valence-corrected chi connectivity index (χ3v) is 6.32. The first kappa shape index (κ1) is 17.9. The molecule has 3 rings (SSSR count). The summed E-state index contributed by atoms with van der Waals surface area (Å²) in [6.07, 6.45) is -0.291. The summed E-state index contributed by atoms with van der Waals surface area (Å²) in [5.74, 6) is 0.244. The van der Waals surface area contributed by atoms with Gasteiger partial charge in [-0.2, -0.15) is 0 Å². The summed E-state index contributed by atoms with van der Waals surface area (Å²) in [7, 11) is -1.62. The van der Waals surface area contributed by atoms with Crippen molar-refractivity contribution in [2.45, 2.75) is 25.0 Å². The fourth-order valence-electron chi connectivity index (χ4n) is 3.31. The lowest BCUT2D eigenvalue weighted by atomic mass is 10.0. The first-order valence-corrected chi connectivity index (χ1v) is 10.0. The normalized spacial score (nSPS) is 24.6. The minimum absolute atomic E-state index is 0.0355. The number of rotatable bonds is 5. The number of benzene rings is 1. The van der Waals surface area contributed by atoms with Crippen molar-refractivity contribution < 1.29 is 27.5 Å². The second kappa shape index (κ2) is 7.13. The fraction of sp³-hybridized carbons (Fsp3) is 0.529. The molecule has 0 aliphatic carbocycles. The van der Waals surface area contributed by atoms with Gasteiger partial charge in [0, 0.05) is 24.9 Å². The highest BCUT2D eigenvalue weighted by Gasteiger charge is 2.45. The van der Waals surface area contributed by atoms with E-state index in [4.69, 9.17) is 9.47 Å². The van der Waals surface area contributed by atoms with E-state index in [1.165, 1.54) is 0 Å². The number of nitrogens with zero attached hydrogens (tertiary/aromatic N) is 1. The lowest BCUT2D eigenvalue weighted by molar-refractivity contribution is -0.142. The molecule has 2 aliphatic heterocycles. The molecular weight excluding hydrogens is 346 g/mol. The molecule has 8 heteroatoms. The van der Waals surface area contributed by atoms with Crippen LogP contribution >= 0.6 is 0 Å². The second-order valence-corrected chi connectivity index (χ2v) is 8.45. The molecule has 0 aromatic heterocycles. The van der Waals surface area contributed by atoms with Crippen LogP contribution in [-0.2, 0) is 19.4 Å². The summed E-state index contributed by atoms with van der Waals surface area (Å²) >= 11 is 0. The topological polar surface area (TPSA) is 90.0 Å². The number of carbonyl (C=O) groups is 2. The van der Waals surface area contributed by atoms with Crippen LogP contribution in [0.5, 0.6) is 5.75 Å². The van der Waals surface area contributed by atoms with Crippen molar-refractivity contribution in [1.82, 2.24) is 4.90 Å². The fourth-order valence-corrected chi connectivity index (χ4v) is 5.18. The predicted molar refractivity (Wildman–Crippen MR) is 90.5 cm³/mol. The molecule has 136 valence electrons. The highest BCUT2D eigenvalue weighted by molar-refractivity contribution is 7.91. The lowest BCUT2D eigenvalue weighted by Gasteiger charge is -2.36. The number of methoxy groups -OCH3 is 1. The van der Waals surface area contributed by atoms with Gasteiger partial charge in [-0.1, -0.05) is 0 Å². The highest BCUT2D eigenvalue weighted by atomic mass is 32.2. The molecule has 0 N–H and O–H groups in total. The Labute approximate surface area is 146 Å². The lowest BCUT2D eigenvalue weighted by Crippen LogP contribution is -2.53. The Kier molecular flexibility index (Phi) is 5.10. The van der Waals surface area contributed by atoms with Gasteiger partial charge in [0.05, 0.1) is 37.4 Å². The van der Waals surface area contributed by atoms with E-state index >= 15 is 0 Å². The van der Waals surface area contributed by atoms with Gasteiger partial charge in [0.15, 0.2) is 15.6 Å². The van der Waals surface area contributed by atoms with Crippen LogP contribution in [0.2, 0.25) is 0 Å². The van der Waals surface area contributed by atoms with Crippen LogP contribution in [-0.4, -0.2) is 68.9 Å². The number of hydrogen-bond acceptors (Lipinski definition) is 6. The van der Waals surface area contributed by atoms with Crippen LogP contribution < -0.4 is 4.74 Å². The number of amides is 1. The van der Waals surface area contributed by atoms with E-state index in [0.29, 0.717) is 24.5 Å². The molecule has 2 fully saturated rings. The maximum Gasteiger partial charge on any atom is 0.223 e. The van der Waals surface area contributed by atoms with Crippen LogP contribution in [0.15, 0.2) is 24.3 Å². The summed E-state index contributed by atoms with van der Waals surface area (Å²) in [5, 5.41) is 0. The Morgan fingerprint density at radius 2 is 1.92 bits per heavy atom.